The first-order valence-corrected chi connectivity index (χ1v) is 5.34. The lowest BCUT2D eigenvalue weighted by Gasteiger charge is -2.39. The van der Waals surface area contributed by atoms with Gasteiger partial charge in [0.15, 0.2) is 0 Å². The number of hydrogen-bond acceptors (Lipinski definition) is 1. The van der Waals surface area contributed by atoms with Gasteiger partial charge in [-0.15, -0.1) is 0 Å². The summed E-state index contributed by atoms with van der Waals surface area (Å²) in [6.07, 6.45) is 0. The van der Waals surface area contributed by atoms with Gasteiger partial charge in [0.1, 0.15) is 0 Å². The largest absolute Gasteiger partial charge is 0.371 e. The molecule has 0 atom stereocenters. The first-order chi connectivity index (χ1) is 5.75. The highest BCUT2D eigenvalue weighted by atomic mass is 127. The SMILES string of the molecule is CC1CN(c2cccc(I)c2)C1. The van der Waals surface area contributed by atoms with Gasteiger partial charge in [-0.05, 0) is 46.7 Å². The van der Waals surface area contributed by atoms with Crippen LogP contribution in [0.1, 0.15) is 6.92 Å². The van der Waals surface area contributed by atoms with Gasteiger partial charge in [-0.1, -0.05) is 13.0 Å². The fourth-order valence-electron chi connectivity index (χ4n) is 1.58. The van der Waals surface area contributed by atoms with Crippen LogP contribution in [0.25, 0.3) is 0 Å². The Bertz CT molecular complexity index is 279. The third kappa shape index (κ3) is 1.58. The van der Waals surface area contributed by atoms with E-state index in [-0.39, 0.29) is 0 Å². The molecule has 1 aromatic carbocycles. The van der Waals surface area contributed by atoms with E-state index in [4.69, 9.17) is 0 Å². The van der Waals surface area contributed by atoms with E-state index < -0.39 is 0 Å². The van der Waals surface area contributed by atoms with E-state index in [1.54, 1.807) is 0 Å². The molecule has 12 heavy (non-hydrogen) atoms. The predicted molar refractivity (Wildman–Crippen MR) is 60.5 cm³/mol. The van der Waals surface area contributed by atoms with Crippen molar-refractivity contribution in [2.45, 2.75) is 6.92 Å². The van der Waals surface area contributed by atoms with Gasteiger partial charge in [0.2, 0.25) is 0 Å². The van der Waals surface area contributed by atoms with Crippen LogP contribution in [-0.2, 0) is 0 Å². The van der Waals surface area contributed by atoms with Crippen molar-refractivity contribution in [1.82, 2.24) is 0 Å². The number of anilines is 1. The van der Waals surface area contributed by atoms with Crippen LogP contribution in [0, 0.1) is 9.49 Å². The lowest BCUT2D eigenvalue weighted by atomic mass is 10.0. The first kappa shape index (κ1) is 8.35. The van der Waals surface area contributed by atoms with Crippen LogP contribution in [0.4, 0.5) is 5.69 Å². The van der Waals surface area contributed by atoms with Gasteiger partial charge in [0.05, 0.1) is 0 Å². The fourth-order valence-corrected chi connectivity index (χ4v) is 2.11. The van der Waals surface area contributed by atoms with Crippen LogP contribution in [0.3, 0.4) is 0 Å². The third-order valence-corrected chi connectivity index (χ3v) is 2.91. The molecule has 2 heteroatoms. The minimum Gasteiger partial charge on any atom is -0.371 e. The van der Waals surface area contributed by atoms with E-state index in [2.05, 4.69) is 58.7 Å². The number of hydrogen-bond donors (Lipinski definition) is 0. The number of halogens is 1. The molecule has 1 aromatic rings. The Hall–Kier alpha value is -0.250. The van der Waals surface area contributed by atoms with Gasteiger partial charge in [-0.3, -0.25) is 0 Å². The molecular weight excluding hydrogens is 261 g/mol. The third-order valence-electron chi connectivity index (χ3n) is 2.24. The van der Waals surface area contributed by atoms with Gasteiger partial charge in [-0.25, -0.2) is 0 Å². The Labute approximate surface area is 86.9 Å². The summed E-state index contributed by atoms with van der Waals surface area (Å²) in [5.41, 5.74) is 1.38. The van der Waals surface area contributed by atoms with E-state index >= 15 is 0 Å². The van der Waals surface area contributed by atoms with Gasteiger partial charge >= 0.3 is 0 Å². The molecule has 0 radical (unpaired) electrons. The zero-order valence-electron chi connectivity index (χ0n) is 7.13. The van der Waals surface area contributed by atoms with Crippen LogP contribution < -0.4 is 4.90 Å². The van der Waals surface area contributed by atoms with Gasteiger partial charge < -0.3 is 4.90 Å². The van der Waals surface area contributed by atoms with Crippen molar-refractivity contribution < 1.29 is 0 Å². The minimum absolute atomic E-state index is 0.878. The van der Waals surface area contributed by atoms with E-state index in [0.717, 1.165) is 5.92 Å². The van der Waals surface area contributed by atoms with Crippen LogP contribution in [0.2, 0.25) is 0 Å². The summed E-state index contributed by atoms with van der Waals surface area (Å²) in [6.45, 7) is 4.74. The van der Waals surface area contributed by atoms with E-state index in [9.17, 15) is 0 Å². The lowest BCUT2D eigenvalue weighted by Crippen LogP contribution is -2.45. The smallest absolute Gasteiger partial charge is 0.0377 e. The topological polar surface area (TPSA) is 3.24 Å². The predicted octanol–water partition coefficient (Wildman–Crippen LogP) is 2.75. The second-order valence-electron chi connectivity index (χ2n) is 3.49. The molecule has 2 rings (SSSR count). The monoisotopic (exact) mass is 273 g/mol. The Morgan fingerprint density at radius 2 is 2.17 bits per heavy atom. The zero-order valence-corrected chi connectivity index (χ0v) is 9.28. The van der Waals surface area contributed by atoms with E-state index in [1.807, 2.05) is 0 Å². The summed E-state index contributed by atoms with van der Waals surface area (Å²) in [7, 11) is 0. The average Bonchev–Trinajstić information content (AvgIpc) is 1.99. The van der Waals surface area contributed by atoms with Crippen LogP contribution in [0.15, 0.2) is 24.3 Å². The number of nitrogens with zero attached hydrogens (tertiary/aromatic N) is 1. The second kappa shape index (κ2) is 3.24. The maximum absolute atomic E-state index is 2.42. The summed E-state index contributed by atoms with van der Waals surface area (Å²) in [5, 5.41) is 0. The van der Waals surface area contributed by atoms with Gasteiger partial charge in [-0.2, -0.15) is 0 Å². The molecule has 0 N–H and O–H groups in total. The highest BCUT2D eigenvalue weighted by molar-refractivity contribution is 14.1. The molecule has 1 saturated heterocycles. The van der Waals surface area contributed by atoms with E-state index in [0.29, 0.717) is 0 Å². The van der Waals surface area contributed by atoms with Crippen molar-refractivity contribution in [3.8, 4) is 0 Å². The molecular formula is C10H12IN. The van der Waals surface area contributed by atoms with Crippen molar-refractivity contribution in [3.63, 3.8) is 0 Å². The Morgan fingerprint density at radius 3 is 2.75 bits per heavy atom. The number of rotatable bonds is 1. The Kier molecular flexibility index (Phi) is 2.26. The summed E-state index contributed by atoms with van der Waals surface area (Å²) >= 11 is 2.36. The Balaban J connectivity index is 2.13. The maximum Gasteiger partial charge on any atom is 0.0377 e. The molecule has 0 saturated carbocycles. The standard InChI is InChI=1S/C10H12IN/c1-8-6-12(7-8)10-4-2-3-9(11)5-10/h2-5,8H,6-7H2,1H3. The van der Waals surface area contributed by atoms with Crippen molar-refractivity contribution in [1.29, 1.82) is 0 Å². The molecule has 64 valence electrons. The highest BCUT2D eigenvalue weighted by Crippen LogP contribution is 2.25. The molecule has 1 fully saturated rings. The minimum atomic E-state index is 0.878. The summed E-state index contributed by atoms with van der Waals surface area (Å²) in [5.74, 6) is 0.878. The molecule has 1 nitrogen and oxygen atoms in total. The summed E-state index contributed by atoms with van der Waals surface area (Å²) in [6, 6.07) is 8.69. The first-order valence-electron chi connectivity index (χ1n) is 4.26. The van der Waals surface area contributed by atoms with E-state index in [1.165, 1.54) is 22.3 Å². The maximum atomic E-state index is 2.42. The fraction of sp³-hybridized carbons (Fsp3) is 0.400. The summed E-state index contributed by atoms with van der Waals surface area (Å²) < 4.78 is 1.32. The molecule has 0 spiro atoms. The lowest BCUT2D eigenvalue weighted by molar-refractivity contribution is 0.447. The van der Waals surface area contributed by atoms with Crippen molar-refractivity contribution in [2.24, 2.45) is 5.92 Å². The second-order valence-corrected chi connectivity index (χ2v) is 4.74. The molecule has 0 aromatic heterocycles. The average molecular weight is 273 g/mol. The zero-order chi connectivity index (χ0) is 8.55. The quantitative estimate of drug-likeness (QED) is 0.711. The molecule has 0 aliphatic carbocycles. The Morgan fingerprint density at radius 1 is 1.42 bits per heavy atom. The van der Waals surface area contributed by atoms with Crippen LogP contribution >= 0.6 is 22.6 Å². The van der Waals surface area contributed by atoms with Crippen molar-refractivity contribution in [2.75, 3.05) is 18.0 Å². The normalized spacial score (nSPS) is 17.7. The van der Waals surface area contributed by atoms with Crippen molar-refractivity contribution in [3.05, 3.63) is 27.8 Å². The molecule has 0 bridgehead atoms. The molecule has 1 heterocycles. The van der Waals surface area contributed by atoms with Crippen LogP contribution in [-0.4, -0.2) is 13.1 Å². The number of benzene rings is 1. The van der Waals surface area contributed by atoms with Crippen LogP contribution in [0.5, 0.6) is 0 Å². The van der Waals surface area contributed by atoms with Gasteiger partial charge in [0.25, 0.3) is 0 Å². The molecule has 1 aliphatic rings. The van der Waals surface area contributed by atoms with Gasteiger partial charge in [0, 0.05) is 22.3 Å². The van der Waals surface area contributed by atoms with Crippen molar-refractivity contribution >= 4 is 28.3 Å². The molecule has 1 aliphatic heterocycles. The summed E-state index contributed by atoms with van der Waals surface area (Å²) in [4.78, 5) is 2.42. The molecule has 0 unspecified atom stereocenters. The molecule has 0 amide bonds. The highest BCUT2D eigenvalue weighted by Gasteiger charge is 2.22.